The minimum atomic E-state index is -1.61. The maximum absolute atomic E-state index is 11.6. The van der Waals surface area contributed by atoms with Crippen LogP contribution in [0.2, 0.25) is 18.1 Å². The van der Waals surface area contributed by atoms with E-state index in [4.69, 9.17) is 9.16 Å². The van der Waals surface area contributed by atoms with Crippen LogP contribution in [0.3, 0.4) is 0 Å². The van der Waals surface area contributed by atoms with E-state index in [0.717, 1.165) is 31.4 Å². The van der Waals surface area contributed by atoms with E-state index in [9.17, 15) is 4.79 Å². The Morgan fingerprint density at radius 3 is 2.08 bits per heavy atom. The molecule has 0 N–H and O–H groups in total. The molecule has 0 aliphatic rings. The van der Waals surface area contributed by atoms with Gasteiger partial charge in [-0.05, 0) is 65.1 Å². The molecule has 0 amide bonds. The maximum Gasteiger partial charge on any atom is 0.331 e. The van der Waals surface area contributed by atoms with E-state index in [1.807, 2.05) is 33.8 Å². The molecule has 0 aromatic heterocycles. The van der Waals surface area contributed by atoms with Gasteiger partial charge in [0.2, 0.25) is 0 Å². The molecule has 0 spiro atoms. The second-order valence-corrected chi connectivity index (χ2v) is 13.7. The first-order valence-corrected chi connectivity index (χ1v) is 11.9. The fourth-order valence-corrected chi connectivity index (χ4v) is 2.81. The zero-order valence-corrected chi connectivity index (χ0v) is 18.3. The van der Waals surface area contributed by atoms with Gasteiger partial charge in [0.15, 0.2) is 8.32 Å². The van der Waals surface area contributed by atoms with Crippen LogP contribution in [0.4, 0.5) is 0 Å². The standard InChI is InChI=1S/C20H38O3Si/c1-17(14-15-18(21)23-19(2,3)4)13-11-10-12-16-22-24(8,9)20(5,6)7/h13-15H,10-12,16H2,1-9H3. The number of ether oxygens (including phenoxy) is 1. The maximum atomic E-state index is 11.6. The highest BCUT2D eigenvalue weighted by Gasteiger charge is 2.36. The molecule has 3 nitrogen and oxygen atoms in total. The van der Waals surface area contributed by atoms with Gasteiger partial charge in [0.1, 0.15) is 5.60 Å². The number of hydrogen-bond acceptors (Lipinski definition) is 3. The van der Waals surface area contributed by atoms with Crippen LogP contribution in [0.25, 0.3) is 0 Å². The van der Waals surface area contributed by atoms with Crippen LogP contribution in [-0.4, -0.2) is 26.5 Å². The summed E-state index contributed by atoms with van der Waals surface area (Å²) in [7, 11) is -1.61. The molecular weight excluding hydrogens is 316 g/mol. The van der Waals surface area contributed by atoms with Crippen molar-refractivity contribution >= 4 is 14.3 Å². The molecule has 0 heterocycles. The first-order chi connectivity index (χ1) is 10.7. The van der Waals surface area contributed by atoms with Crippen molar-refractivity contribution in [2.75, 3.05) is 6.61 Å². The Hall–Kier alpha value is -0.873. The van der Waals surface area contributed by atoms with E-state index < -0.39 is 13.9 Å². The number of allylic oxidation sites excluding steroid dienone is 3. The minimum absolute atomic E-state index is 0.274. The molecule has 0 bridgehead atoms. The number of carbonyl (C=O) groups excluding carboxylic acids is 1. The molecule has 0 fully saturated rings. The van der Waals surface area contributed by atoms with Gasteiger partial charge in [0, 0.05) is 12.7 Å². The number of esters is 1. The van der Waals surface area contributed by atoms with Gasteiger partial charge in [-0.3, -0.25) is 0 Å². The van der Waals surface area contributed by atoms with Crippen molar-refractivity contribution in [2.45, 2.75) is 91.5 Å². The van der Waals surface area contributed by atoms with Gasteiger partial charge in [0.25, 0.3) is 0 Å². The Kier molecular flexibility index (Phi) is 9.22. The highest BCUT2D eigenvalue weighted by atomic mass is 28.4. The molecular formula is C20H38O3Si. The molecule has 0 rings (SSSR count). The monoisotopic (exact) mass is 354 g/mol. The summed E-state index contributed by atoms with van der Waals surface area (Å²) in [6.07, 6.45) is 8.66. The van der Waals surface area contributed by atoms with Gasteiger partial charge >= 0.3 is 5.97 Å². The average molecular weight is 355 g/mol. The molecule has 0 aromatic carbocycles. The lowest BCUT2D eigenvalue weighted by atomic mass is 10.1. The van der Waals surface area contributed by atoms with Crippen molar-refractivity contribution in [3.63, 3.8) is 0 Å². The van der Waals surface area contributed by atoms with Gasteiger partial charge in [-0.1, -0.05) is 38.5 Å². The quantitative estimate of drug-likeness (QED) is 0.176. The highest BCUT2D eigenvalue weighted by Crippen LogP contribution is 2.36. The number of rotatable bonds is 8. The summed E-state index contributed by atoms with van der Waals surface area (Å²) >= 11 is 0. The van der Waals surface area contributed by atoms with E-state index in [2.05, 4.69) is 39.9 Å². The van der Waals surface area contributed by atoms with E-state index in [0.29, 0.717) is 0 Å². The van der Waals surface area contributed by atoms with Crippen LogP contribution in [0.1, 0.15) is 67.7 Å². The van der Waals surface area contributed by atoms with E-state index in [1.54, 1.807) is 0 Å². The summed E-state index contributed by atoms with van der Waals surface area (Å²) in [4.78, 5) is 11.6. The van der Waals surface area contributed by atoms with Crippen molar-refractivity contribution in [3.8, 4) is 0 Å². The van der Waals surface area contributed by atoms with Crippen LogP contribution < -0.4 is 0 Å². The van der Waals surface area contributed by atoms with Crippen molar-refractivity contribution in [3.05, 3.63) is 23.8 Å². The predicted octanol–water partition coefficient (Wildman–Crippen LogP) is 6.02. The summed E-state index contributed by atoms with van der Waals surface area (Å²) in [6.45, 7) is 19.8. The Morgan fingerprint density at radius 2 is 1.58 bits per heavy atom. The Bertz CT molecular complexity index is 448. The van der Waals surface area contributed by atoms with Crippen LogP contribution in [0.5, 0.6) is 0 Å². The van der Waals surface area contributed by atoms with Gasteiger partial charge in [-0.2, -0.15) is 0 Å². The molecule has 0 radical (unpaired) electrons. The summed E-state index contributed by atoms with van der Waals surface area (Å²) in [5, 5.41) is 0.274. The zero-order chi connectivity index (χ0) is 19.0. The lowest BCUT2D eigenvalue weighted by Gasteiger charge is -2.36. The third-order valence-electron chi connectivity index (χ3n) is 4.22. The van der Waals surface area contributed by atoms with E-state index in [1.165, 1.54) is 6.08 Å². The van der Waals surface area contributed by atoms with Crippen molar-refractivity contribution < 1.29 is 14.0 Å². The first-order valence-electron chi connectivity index (χ1n) is 8.96. The summed E-state index contributed by atoms with van der Waals surface area (Å²) in [5.74, 6) is -0.293. The highest BCUT2D eigenvalue weighted by molar-refractivity contribution is 6.74. The van der Waals surface area contributed by atoms with Crippen LogP contribution in [0, 0.1) is 0 Å². The van der Waals surface area contributed by atoms with Gasteiger partial charge in [0.05, 0.1) is 0 Å². The fourth-order valence-electron chi connectivity index (χ4n) is 1.72. The Morgan fingerprint density at radius 1 is 1.00 bits per heavy atom. The first kappa shape index (κ1) is 23.1. The molecule has 0 unspecified atom stereocenters. The van der Waals surface area contributed by atoms with E-state index in [-0.39, 0.29) is 11.0 Å². The summed E-state index contributed by atoms with van der Waals surface area (Å²) < 4.78 is 11.4. The number of hydrogen-bond donors (Lipinski definition) is 0. The predicted molar refractivity (Wildman–Crippen MR) is 106 cm³/mol. The second kappa shape index (κ2) is 9.57. The largest absolute Gasteiger partial charge is 0.457 e. The fraction of sp³-hybridized carbons (Fsp3) is 0.750. The molecule has 0 atom stereocenters. The van der Waals surface area contributed by atoms with Crippen LogP contribution >= 0.6 is 0 Å². The molecule has 0 saturated heterocycles. The van der Waals surface area contributed by atoms with Crippen molar-refractivity contribution in [1.82, 2.24) is 0 Å². The third-order valence-corrected chi connectivity index (χ3v) is 8.76. The molecule has 140 valence electrons. The molecule has 0 aliphatic carbocycles. The summed E-state index contributed by atoms with van der Waals surface area (Å²) in [6, 6.07) is 0. The molecule has 24 heavy (non-hydrogen) atoms. The third kappa shape index (κ3) is 10.8. The van der Waals surface area contributed by atoms with E-state index >= 15 is 0 Å². The Labute approximate surface area is 150 Å². The molecule has 0 aliphatic heterocycles. The smallest absolute Gasteiger partial charge is 0.331 e. The van der Waals surface area contributed by atoms with Crippen LogP contribution in [0.15, 0.2) is 23.8 Å². The Balaban J connectivity index is 4.06. The van der Waals surface area contributed by atoms with Gasteiger partial charge in [-0.15, -0.1) is 0 Å². The minimum Gasteiger partial charge on any atom is -0.457 e. The van der Waals surface area contributed by atoms with Crippen molar-refractivity contribution in [2.24, 2.45) is 0 Å². The van der Waals surface area contributed by atoms with Gasteiger partial charge < -0.3 is 9.16 Å². The molecule has 0 saturated carbocycles. The second-order valence-electron chi connectivity index (χ2n) is 8.92. The zero-order valence-electron chi connectivity index (χ0n) is 17.3. The van der Waals surface area contributed by atoms with Crippen molar-refractivity contribution in [1.29, 1.82) is 0 Å². The number of carbonyl (C=O) groups is 1. The lowest BCUT2D eigenvalue weighted by molar-refractivity contribution is -0.148. The molecule has 0 aromatic rings. The normalized spacial score (nSPS) is 14.3. The lowest BCUT2D eigenvalue weighted by Crippen LogP contribution is -2.40. The molecule has 4 heteroatoms. The van der Waals surface area contributed by atoms with Crippen LogP contribution in [-0.2, 0) is 14.0 Å². The topological polar surface area (TPSA) is 35.5 Å². The average Bonchev–Trinajstić information content (AvgIpc) is 2.37. The summed E-state index contributed by atoms with van der Waals surface area (Å²) in [5.41, 5.74) is 0.648. The SMILES string of the molecule is CC(C=CC(=O)OC(C)(C)C)=CCCCCO[Si](C)(C)C(C)(C)C. The number of unbranched alkanes of at least 4 members (excludes halogenated alkanes) is 2. The van der Waals surface area contributed by atoms with Gasteiger partial charge in [-0.25, -0.2) is 4.79 Å².